The number of nitrogens with one attached hydrogen (secondary N) is 1. The van der Waals surface area contributed by atoms with E-state index in [1.165, 1.54) is 6.07 Å². The van der Waals surface area contributed by atoms with E-state index in [1.54, 1.807) is 49.4 Å². The smallest absolute Gasteiger partial charge is 0.257 e. The predicted octanol–water partition coefficient (Wildman–Crippen LogP) is 4.57. The molecule has 0 spiro atoms. The first kappa shape index (κ1) is 27.6. The average Bonchev–Trinajstić information content (AvgIpc) is 2.84. The Balaban J connectivity index is 1.93. The maximum Gasteiger partial charge on any atom is 0.257 e. The molecule has 2 amide bonds. The Morgan fingerprint density at radius 2 is 1.97 bits per heavy atom. The van der Waals surface area contributed by atoms with Crippen LogP contribution in [0.2, 0.25) is 0 Å². The lowest BCUT2D eigenvalue weighted by Crippen LogP contribution is -2.46. The normalized spacial score (nSPS) is 21.7. The highest BCUT2D eigenvalue weighted by Crippen LogP contribution is 2.27. The summed E-state index contributed by atoms with van der Waals surface area (Å²) >= 11 is 0. The van der Waals surface area contributed by atoms with Crippen LogP contribution in [0.1, 0.15) is 49.5 Å². The summed E-state index contributed by atoms with van der Waals surface area (Å²) in [4.78, 5) is 29.3. The highest BCUT2D eigenvalue weighted by molar-refractivity contribution is 5.98. The van der Waals surface area contributed by atoms with Crippen molar-refractivity contribution in [3.05, 3.63) is 59.4 Å². The zero-order valence-corrected chi connectivity index (χ0v) is 21.9. The van der Waals surface area contributed by atoms with E-state index in [0.717, 1.165) is 12.0 Å². The van der Waals surface area contributed by atoms with E-state index in [0.29, 0.717) is 49.7 Å². The van der Waals surface area contributed by atoms with E-state index < -0.39 is 0 Å². The topological polar surface area (TPSA) is 71.1 Å². The lowest BCUT2D eigenvalue weighted by Gasteiger charge is -2.36. The third kappa shape index (κ3) is 7.27. The Morgan fingerprint density at radius 3 is 2.67 bits per heavy atom. The average molecular weight is 500 g/mol. The fourth-order valence-corrected chi connectivity index (χ4v) is 4.47. The number of anilines is 1. The second kappa shape index (κ2) is 12.8. The van der Waals surface area contributed by atoms with Gasteiger partial charge in [-0.3, -0.25) is 14.5 Å². The van der Waals surface area contributed by atoms with E-state index in [1.807, 2.05) is 13.0 Å². The molecule has 0 fully saturated rings. The first-order valence-corrected chi connectivity index (χ1v) is 12.5. The summed E-state index contributed by atoms with van der Waals surface area (Å²) in [5.41, 5.74) is 1.89. The number of benzene rings is 2. The molecule has 3 atom stereocenters. The summed E-state index contributed by atoms with van der Waals surface area (Å²) < 4.78 is 25.9. The molecular formula is C28H38FN3O4. The Labute approximate surface area is 213 Å². The van der Waals surface area contributed by atoms with Crippen LogP contribution in [-0.4, -0.2) is 67.6 Å². The van der Waals surface area contributed by atoms with Crippen molar-refractivity contribution < 1.29 is 23.5 Å². The summed E-state index contributed by atoms with van der Waals surface area (Å²) in [5.74, 6) is 0.00836. The van der Waals surface area contributed by atoms with Gasteiger partial charge in [-0.25, -0.2) is 4.39 Å². The second-order valence-corrected chi connectivity index (χ2v) is 9.67. The van der Waals surface area contributed by atoms with Crippen molar-refractivity contribution in [3.8, 4) is 5.75 Å². The summed E-state index contributed by atoms with van der Waals surface area (Å²) in [5, 5.41) is 2.88. The van der Waals surface area contributed by atoms with E-state index in [4.69, 9.17) is 9.47 Å². The van der Waals surface area contributed by atoms with Crippen molar-refractivity contribution in [2.45, 2.75) is 52.3 Å². The third-order valence-electron chi connectivity index (χ3n) is 6.61. The quantitative estimate of drug-likeness (QED) is 0.631. The number of fused-ring (bicyclic) bond motifs is 1. The molecule has 8 heteroatoms. The standard InChI is InChI=1S/C28H38FN3O4/c1-6-8-27(33)30-23-11-12-24-25(14-23)36-18-20(3)32(16-21-9-7-10-22(29)13-21)15-19(2)26(35-5)17-31(4)28(24)34/h7,9-14,19-20,26H,6,8,15-18H2,1-5H3,(H,30,33)/t19-,20+,26-/m1/s1. The number of ether oxygens (including phenoxy) is 2. The molecule has 1 N–H and O–H groups in total. The maximum atomic E-state index is 13.9. The van der Waals surface area contributed by atoms with Gasteiger partial charge in [0.05, 0.1) is 11.7 Å². The van der Waals surface area contributed by atoms with Gasteiger partial charge in [-0.2, -0.15) is 0 Å². The van der Waals surface area contributed by atoms with Crippen molar-refractivity contribution in [1.82, 2.24) is 9.80 Å². The molecule has 0 saturated carbocycles. The van der Waals surface area contributed by atoms with Crippen LogP contribution in [0.25, 0.3) is 0 Å². The molecule has 2 aromatic rings. The van der Waals surface area contributed by atoms with Crippen molar-refractivity contribution in [1.29, 1.82) is 0 Å². The molecule has 0 unspecified atom stereocenters. The van der Waals surface area contributed by atoms with Gasteiger partial charge >= 0.3 is 0 Å². The molecular weight excluding hydrogens is 461 g/mol. The van der Waals surface area contributed by atoms with Crippen LogP contribution in [0.4, 0.5) is 10.1 Å². The van der Waals surface area contributed by atoms with Crippen LogP contribution < -0.4 is 10.1 Å². The van der Waals surface area contributed by atoms with E-state index in [9.17, 15) is 14.0 Å². The maximum absolute atomic E-state index is 13.9. The zero-order chi connectivity index (χ0) is 26.2. The number of hydrogen-bond donors (Lipinski definition) is 1. The number of rotatable bonds is 6. The molecule has 36 heavy (non-hydrogen) atoms. The van der Waals surface area contributed by atoms with Gasteiger partial charge in [-0.15, -0.1) is 0 Å². The summed E-state index contributed by atoms with van der Waals surface area (Å²) in [6.07, 6.45) is 0.980. The minimum absolute atomic E-state index is 0.0355. The Morgan fingerprint density at radius 1 is 1.19 bits per heavy atom. The van der Waals surface area contributed by atoms with Gasteiger partial charge in [0.25, 0.3) is 5.91 Å². The van der Waals surface area contributed by atoms with Gasteiger partial charge in [0.2, 0.25) is 5.91 Å². The fraction of sp³-hybridized carbons (Fsp3) is 0.500. The third-order valence-corrected chi connectivity index (χ3v) is 6.61. The zero-order valence-electron chi connectivity index (χ0n) is 21.9. The fourth-order valence-electron chi connectivity index (χ4n) is 4.47. The number of carbonyl (C=O) groups excluding carboxylic acids is 2. The number of methoxy groups -OCH3 is 1. The number of likely N-dealkylation sites (N-methyl/N-ethyl adjacent to an activating group) is 1. The number of carbonyl (C=O) groups is 2. The molecule has 0 radical (unpaired) electrons. The van der Waals surface area contributed by atoms with Crippen LogP contribution in [0, 0.1) is 11.7 Å². The second-order valence-electron chi connectivity index (χ2n) is 9.67. The SMILES string of the molecule is CCCC(=O)Nc1ccc2c(c1)OC[C@H](C)N(Cc1cccc(F)c1)C[C@@H](C)[C@H](OC)CN(C)C2=O. The van der Waals surface area contributed by atoms with E-state index in [2.05, 4.69) is 24.1 Å². The molecule has 0 aromatic heterocycles. The molecule has 7 nitrogen and oxygen atoms in total. The Kier molecular flexibility index (Phi) is 9.84. The number of nitrogens with zero attached hydrogens (tertiary/aromatic N) is 2. The Hall–Kier alpha value is -2.97. The van der Waals surface area contributed by atoms with E-state index >= 15 is 0 Å². The predicted molar refractivity (Wildman–Crippen MR) is 139 cm³/mol. The van der Waals surface area contributed by atoms with Gasteiger partial charge in [-0.05, 0) is 49.1 Å². The number of amides is 2. The van der Waals surface area contributed by atoms with Crippen molar-refractivity contribution in [2.24, 2.45) is 5.92 Å². The molecule has 1 aliphatic rings. The minimum Gasteiger partial charge on any atom is -0.491 e. The van der Waals surface area contributed by atoms with Gasteiger partial charge in [0.15, 0.2) is 0 Å². The van der Waals surface area contributed by atoms with Crippen LogP contribution in [0.15, 0.2) is 42.5 Å². The van der Waals surface area contributed by atoms with E-state index in [-0.39, 0.29) is 35.7 Å². The molecule has 3 rings (SSSR count). The Bertz CT molecular complexity index is 1050. The molecule has 0 aliphatic carbocycles. The highest BCUT2D eigenvalue weighted by atomic mass is 19.1. The van der Waals surface area contributed by atoms with Crippen LogP contribution >= 0.6 is 0 Å². The molecule has 0 bridgehead atoms. The van der Waals surface area contributed by atoms with Gasteiger partial charge in [0.1, 0.15) is 18.2 Å². The lowest BCUT2D eigenvalue weighted by molar-refractivity contribution is -0.116. The highest BCUT2D eigenvalue weighted by Gasteiger charge is 2.28. The van der Waals surface area contributed by atoms with Gasteiger partial charge in [0, 0.05) is 58.0 Å². The molecule has 196 valence electrons. The van der Waals surface area contributed by atoms with Crippen LogP contribution in [0.5, 0.6) is 5.75 Å². The van der Waals surface area contributed by atoms with Crippen LogP contribution in [-0.2, 0) is 16.1 Å². The minimum atomic E-state index is -0.264. The van der Waals surface area contributed by atoms with Gasteiger partial charge < -0.3 is 19.7 Å². The summed E-state index contributed by atoms with van der Waals surface area (Å²) in [6, 6.07) is 11.7. The largest absolute Gasteiger partial charge is 0.491 e. The van der Waals surface area contributed by atoms with Crippen molar-refractivity contribution >= 4 is 17.5 Å². The molecule has 2 aromatic carbocycles. The number of halogens is 1. The molecule has 1 heterocycles. The first-order valence-electron chi connectivity index (χ1n) is 12.5. The van der Waals surface area contributed by atoms with Crippen molar-refractivity contribution in [2.75, 3.05) is 39.2 Å². The molecule has 1 aliphatic heterocycles. The van der Waals surface area contributed by atoms with Gasteiger partial charge in [-0.1, -0.05) is 26.0 Å². The van der Waals surface area contributed by atoms with Crippen molar-refractivity contribution in [3.63, 3.8) is 0 Å². The monoisotopic (exact) mass is 499 g/mol. The molecule has 0 saturated heterocycles. The summed E-state index contributed by atoms with van der Waals surface area (Å²) in [6.45, 7) is 8.06. The van der Waals surface area contributed by atoms with Crippen LogP contribution in [0.3, 0.4) is 0 Å². The first-order chi connectivity index (χ1) is 17.2. The number of hydrogen-bond acceptors (Lipinski definition) is 5. The summed E-state index contributed by atoms with van der Waals surface area (Å²) in [7, 11) is 3.41. The lowest BCUT2D eigenvalue weighted by atomic mass is 10.0.